The first-order valence-electron chi connectivity index (χ1n) is 8.55. The molecule has 0 bridgehead atoms. The lowest BCUT2D eigenvalue weighted by molar-refractivity contribution is -0.113. The zero-order valence-electron chi connectivity index (χ0n) is 15.1. The summed E-state index contributed by atoms with van der Waals surface area (Å²) in [6, 6.07) is 16.8. The molecule has 142 valence electrons. The van der Waals surface area contributed by atoms with Gasteiger partial charge in [-0.15, -0.1) is 10.2 Å². The number of rotatable bonds is 7. The van der Waals surface area contributed by atoms with Crippen molar-refractivity contribution in [3.8, 4) is 6.07 Å². The molecule has 1 atom stereocenters. The Hall–Kier alpha value is -2.82. The molecule has 28 heavy (non-hydrogen) atoms. The minimum absolute atomic E-state index is 0.0766. The molecule has 1 aromatic heterocycles. The number of carbonyl (C=O) groups is 1. The lowest BCUT2D eigenvalue weighted by atomic mass is 9.98. The number of thioether (sulfide) groups is 1. The monoisotopic (exact) mass is 412 g/mol. The summed E-state index contributed by atoms with van der Waals surface area (Å²) in [6.07, 6.45) is 0.623. The molecule has 0 fully saturated rings. The number of anilines is 1. The van der Waals surface area contributed by atoms with Gasteiger partial charge in [-0.3, -0.25) is 4.79 Å². The smallest absolute Gasteiger partial charge is 0.277 e. The van der Waals surface area contributed by atoms with Crippen molar-refractivity contribution >= 4 is 35.0 Å². The second-order valence-electron chi connectivity index (χ2n) is 6.12. The van der Waals surface area contributed by atoms with E-state index in [1.807, 2.05) is 24.3 Å². The van der Waals surface area contributed by atoms with Crippen molar-refractivity contribution in [3.63, 3.8) is 0 Å². The zero-order chi connectivity index (χ0) is 19.9. The van der Waals surface area contributed by atoms with Gasteiger partial charge in [0.1, 0.15) is 6.07 Å². The summed E-state index contributed by atoms with van der Waals surface area (Å²) in [4.78, 5) is 12.2. The lowest BCUT2D eigenvalue weighted by Crippen LogP contribution is -2.15. The molecule has 1 unspecified atom stereocenters. The number of halogens is 1. The van der Waals surface area contributed by atoms with Crippen LogP contribution in [0.15, 0.2) is 58.2 Å². The van der Waals surface area contributed by atoms with E-state index in [0.29, 0.717) is 33.8 Å². The Morgan fingerprint density at radius 2 is 2.07 bits per heavy atom. The maximum absolute atomic E-state index is 12.2. The van der Waals surface area contributed by atoms with E-state index in [1.165, 1.54) is 5.56 Å². The average Bonchev–Trinajstić information content (AvgIpc) is 3.14. The van der Waals surface area contributed by atoms with Gasteiger partial charge in [0.15, 0.2) is 0 Å². The molecule has 2 aromatic carbocycles. The molecule has 1 heterocycles. The number of hydrogen-bond acceptors (Lipinski definition) is 6. The fourth-order valence-corrected chi connectivity index (χ4v) is 3.32. The number of aromatic nitrogens is 2. The number of benzene rings is 2. The van der Waals surface area contributed by atoms with Crippen LogP contribution >= 0.6 is 23.4 Å². The van der Waals surface area contributed by atoms with Crippen LogP contribution in [-0.2, 0) is 11.2 Å². The Kier molecular flexibility index (Phi) is 6.69. The van der Waals surface area contributed by atoms with E-state index in [9.17, 15) is 4.79 Å². The van der Waals surface area contributed by atoms with E-state index in [2.05, 4.69) is 34.6 Å². The molecule has 1 amide bonds. The van der Waals surface area contributed by atoms with Crippen molar-refractivity contribution in [1.29, 1.82) is 5.26 Å². The quantitative estimate of drug-likeness (QED) is 0.567. The summed E-state index contributed by atoms with van der Waals surface area (Å²) in [6.45, 7) is 2.09. The summed E-state index contributed by atoms with van der Waals surface area (Å²) >= 11 is 7.06. The number of nitrogens with one attached hydrogen (secondary N) is 1. The lowest BCUT2D eigenvalue weighted by Gasteiger charge is -2.08. The molecule has 3 rings (SSSR count). The minimum atomic E-state index is -0.291. The zero-order valence-corrected chi connectivity index (χ0v) is 16.6. The van der Waals surface area contributed by atoms with Crippen LogP contribution in [-0.4, -0.2) is 21.9 Å². The highest BCUT2D eigenvalue weighted by atomic mass is 35.5. The van der Waals surface area contributed by atoms with Gasteiger partial charge in [-0.25, -0.2) is 0 Å². The number of hydrogen-bond donors (Lipinski definition) is 1. The first-order valence-corrected chi connectivity index (χ1v) is 9.91. The van der Waals surface area contributed by atoms with Crippen molar-refractivity contribution in [1.82, 2.24) is 10.2 Å². The summed E-state index contributed by atoms with van der Waals surface area (Å²) in [7, 11) is 0. The molecule has 0 aliphatic carbocycles. The predicted molar refractivity (Wildman–Crippen MR) is 108 cm³/mol. The Morgan fingerprint density at radius 3 is 2.82 bits per heavy atom. The summed E-state index contributed by atoms with van der Waals surface area (Å²) in [5, 5.41) is 20.6. The van der Waals surface area contributed by atoms with E-state index in [4.69, 9.17) is 21.3 Å². The van der Waals surface area contributed by atoms with E-state index >= 15 is 0 Å². The number of amides is 1. The normalized spacial score (nSPS) is 11.6. The molecule has 0 aliphatic heterocycles. The van der Waals surface area contributed by atoms with Gasteiger partial charge in [0.25, 0.3) is 5.22 Å². The predicted octanol–water partition coefficient (Wildman–Crippen LogP) is 4.67. The van der Waals surface area contributed by atoms with Crippen molar-refractivity contribution < 1.29 is 9.21 Å². The molecule has 0 saturated heterocycles. The molecule has 0 aliphatic rings. The van der Waals surface area contributed by atoms with Gasteiger partial charge in [-0.05, 0) is 29.7 Å². The van der Waals surface area contributed by atoms with Crippen molar-refractivity contribution in [2.45, 2.75) is 24.5 Å². The highest BCUT2D eigenvalue weighted by molar-refractivity contribution is 7.99. The van der Waals surface area contributed by atoms with Crippen LogP contribution in [0.25, 0.3) is 0 Å². The van der Waals surface area contributed by atoms with Gasteiger partial charge in [-0.1, -0.05) is 60.6 Å². The first kappa shape index (κ1) is 19.9. The average molecular weight is 413 g/mol. The maximum Gasteiger partial charge on any atom is 0.277 e. The SMILES string of the molecule is CC(Cc1nnc(SCC(=O)Nc2cc(Cl)ccc2C#N)o1)c1ccccc1. The van der Waals surface area contributed by atoms with E-state index < -0.39 is 0 Å². The van der Waals surface area contributed by atoms with E-state index in [-0.39, 0.29) is 17.6 Å². The molecular weight excluding hydrogens is 396 g/mol. The number of nitriles is 1. The van der Waals surface area contributed by atoms with Crippen LogP contribution in [0.2, 0.25) is 5.02 Å². The van der Waals surface area contributed by atoms with Gasteiger partial charge >= 0.3 is 0 Å². The summed E-state index contributed by atoms with van der Waals surface area (Å²) in [5.74, 6) is 0.560. The van der Waals surface area contributed by atoms with Crippen LogP contribution in [0, 0.1) is 11.3 Å². The third kappa shape index (κ3) is 5.35. The molecule has 6 nitrogen and oxygen atoms in total. The Bertz CT molecular complexity index is 1000. The van der Waals surface area contributed by atoms with Crippen molar-refractivity contribution in [3.05, 3.63) is 70.6 Å². The van der Waals surface area contributed by atoms with Gasteiger partial charge in [-0.2, -0.15) is 5.26 Å². The van der Waals surface area contributed by atoms with Crippen LogP contribution in [0.3, 0.4) is 0 Å². The summed E-state index contributed by atoms with van der Waals surface area (Å²) < 4.78 is 5.63. The van der Waals surface area contributed by atoms with Gasteiger partial charge in [0, 0.05) is 11.4 Å². The first-order chi connectivity index (χ1) is 13.5. The molecule has 1 N–H and O–H groups in total. The van der Waals surface area contributed by atoms with Crippen LogP contribution in [0.1, 0.15) is 29.9 Å². The second kappa shape index (κ2) is 9.40. The Morgan fingerprint density at radius 1 is 1.29 bits per heavy atom. The number of nitrogens with zero attached hydrogens (tertiary/aromatic N) is 3. The van der Waals surface area contributed by atoms with Gasteiger partial charge in [0.05, 0.1) is 17.0 Å². The van der Waals surface area contributed by atoms with Crippen molar-refractivity contribution in [2.75, 3.05) is 11.1 Å². The maximum atomic E-state index is 12.2. The molecule has 3 aromatic rings. The Balaban J connectivity index is 1.54. The van der Waals surface area contributed by atoms with Crippen LogP contribution in [0.5, 0.6) is 0 Å². The third-order valence-electron chi connectivity index (χ3n) is 4.00. The highest BCUT2D eigenvalue weighted by Gasteiger charge is 2.14. The van der Waals surface area contributed by atoms with Gasteiger partial charge < -0.3 is 9.73 Å². The third-order valence-corrected chi connectivity index (χ3v) is 5.05. The van der Waals surface area contributed by atoms with Crippen molar-refractivity contribution in [2.24, 2.45) is 0 Å². The van der Waals surface area contributed by atoms with Crippen LogP contribution < -0.4 is 5.32 Å². The minimum Gasteiger partial charge on any atom is -0.416 e. The van der Waals surface area contributed by atoms with Crippen LogP contribution in [0.4, 0.5) is 5.69 Å². The molecular formula is C20H17ClN4O2S. The fraction of sp³-hybridized carbons (Fsp3) is 0.200. The Labute approximate surface area is 171 Å². The number of carbonyl (C=O) groups excluding carboxylic acids is 1. The molecule has 0 radical (unpaired) electrons. The highest BCUT2D eigenvalue weighted by Crippen LogP contribution is 2.24. The van der Waals surface area contributed by atoms with E-state index in [1.54, 1.807) is 18.2 Å². The van der Waals surface area contributed by atoms with E-state index in [0.717, 1.165) is 11.8 Å². The topological polar surface area (TPSA) is 91.8 Å². The molecule has 0 saturated carbocycles. The standard InChI is InChI=1S/C20H17ClN4O2S/c1-13(14-5-3-2-4-6-14)9-19-24-25-20(27-19)28-12-18(26)23-17-10-16(21)8-7-15(17)11-22/h2-8,10,13H,9,12H2,1H3,(H,23,26). The largest absolute Gasteiger partial charge is 0.416 e. The van der Waals surface area contributed by atoms with Gasteiger partial charge in [0.2, 0.25) is 11.8 Å². The second-order valence-corrected chi connectivity index (χ2v) is 7.48. The molecule has 8 heteroatoms. The molecule has 0 spiro atoms. The summed E-state index contributed by atoms with van der Waals surface area (Å²) in [5.41, 5.74) is 1.92. The fourth-order valence-electron chi connectivity index (χ4n) is 2.57.